The Labute approximate surface area is 116 Å². The Balaban J connectivity index is 2.24. The zero-order chi connectivity index (χ0) is 14.0. The molecule has 1 atom stereocenters. The van der Waals surface area contributed by atoms with Gasteiger partial charge in [-0.15, -0.1) is 0 Å². The first-order chi connectivity index (χ1) is 8.91. The third-order valence-corrected chi connectivity index (χ3v) is 5.62. The van der Waals surface area contributed by atoms with Crippen LogP contribution in [0.2, 0.25) is 0 Å². The van der Waals surface area contributed by atoms with Gasteiger partial charge >= 0.3 is 0 Å². The predicted molar refractivity (Wildman–Crippen MR) is 77.5 cm³/mol. The van der Waals surface area contributed by atoms with Crippen molar-refractivity contribution >= 4 is 10.0 Å². The molecule has 3 nitrogen and oxygen atoms in total. The molecule has 104 valence electrons. The molecule has 19 heavy (non-hydrogen) atoms. The summed E-state index contributed by atoms with van der Waals surface area (Å²) in [5.41, 5.74) is 2.14. The average Bonchev–Trinajstić information content (AvgIpc) is 2.39. The van der Waals surface area contributed by atoms with Gasteiger partial charge in [-0.1, -0.05) is 29.8 Å². The first-order valence-corrected chi connectivity index (χ1v) is 8.07. The lowest BCUT2D eigenvalue weighted by Gasteiger charge is -2.32. The Kier molecular flexibility index (Phi) is 4.11. The minimum Gasteiger partial charge on any atom is -0.207 e. The standard InChI is InChI=1S/C15H21NO2S/c1-12(2)14-5-4-10-16(11-14)19(17,18)15-8-6-13(3)7-9-15/h6-9,14H,1,4-5,10-11H2,2-3H3/t14-/m1/s1. The maximum absolute atomic E-state index is 12.6. The van der Waals surface area contributed by atoms with Gasteiger partial charge in [-0.25, -0.2) is 8.42 Å². The molecule has 0 spiro atoms. The Morgan fingerprint density at radius 2 is 1.95 bits per heavy atom. The van der Waals surface area contributed by atoms with E-state index < -0.39 is 10.0 Å². The molecule has 1 aromatic carbocycles. The highest BCUT2D eigenvalue weighted by Crippen LogP contribution is 2.27. The fourth-order valence-corrected chi connectivity index (χ4v) is 3.95. The van der Waals surface area contributed by atoms with Gasteiger partial charge in [-0.2, -0.15) is 4.31 Å². The van der Waals surface area contributed by atoms with Gasteiger partial charge < -0.3 is 0 Å². The zero-order valence-corrected chi connectivity index (χ0v) is 12.4. The van der Waals surface area contributed by atoms with Gasteiger partial charge in [0.05, 0.1) is 4.90 Å². The molecule has 1 saturated heterocycles. The molecule has 1 fully saturated rings. The third-order valence-electron chi connectivity index (χ3n) is 3.74. The fourth-order valence-electron chi connectivity index (χ4n) is 2.42. The second-order valence-electron chi connectivity index (χ2n) is 5.36. The van der Waals surface area contributed by atoms with Crippen molar-refractivity contribution in [1.82, 2.24) is 4.31 Å². The van der Waals surface area contributed by atoms with Gasteiger partial charge in [-0.05, 0) is 44.7 Å². The monoisotopic (exact) mass is 279 g/mol. The van der Waals surface area contributed by atoms with Crippen LogP contribution in [0.25, 0.3) is 0 Å². The maximum atomic E-state index is 12.6. The lowest BCUT2D eigenvalue weighted by Crippen LogP contribution is -2.40. The van der Waals surface area contributed by atoms with E-state index in [1.807, 2.05) is 26.0 Å². The molecule has 0 unspecified atom stereocenters. The fraction of sp³-hybridized carbons (Fsp3) is 0.467. The number of hydrogen-bond acceptors (Lipinski definition) is 2. The van der Waals surface area contributed by atoms with E-state index in [1.54, 1.807) is 16.4 Å². The van der Waals surface area contributed by atoms with E-state index in [0.717, 1.165) is 24.0 Å². The summed E-state index contributed by atoms with van der Waals surface area (Å²) in [5.74, 6) is 0.286. The lowest BCUT2D eigenvalue weighted by atomic mass is 9.94. The molecule has 0 saturated carbocycles. The van der Waals surface area contributed by atoms with Crippen molar-refractivity contribution in [3.05, 3.63) is 42.0 Å². The summed E-state index contributed by atoms with van der Waals surface area (Å²) in [7, 11) is -3.35. The molecule has 0 bridgehead atoms. The van der Waals surface area contributed by atoms with E-state index in [4.69, 9.17) is 0 Å². The molecule has 1 aliphatic rings. The Hall–Kier alpha value is -1.13. The summed E-state index contributed by atoms with van der Waals surface area (Å²) in [5, 5.41) is 0. The molecule has 2 rings (SSSR count). The summed E-state index contributed by atoms with van der Waals surface area (Å²) in [6, 6.07) is 7.06. The van der Waals surface area contributed by atoms with Crippen LogP contribution in [0.15, 0.2) is 41.3 Å². The number of aryl methyl sites for hydroxylation is 1. The van der Waals surface area contributed by atoms with Crippen molar-refractivity contribution in [1.29, 1.82) is 0 Å². The highest BCUT2D eigenvalue weighted by molar-refractivity contribution is 7.89. The summed E-state index contributed by atoms with van der Waals surface area (Å²) in [6.45, 7) is 9.06. The second-order valence-corrected chi connectivity index (χ2v) is 7.30. The van der Waals surface area contributed by atoms with Crippen LogP contribution in [0.5, 0.6) is 0 Å². The number of nitrogens with zero attached hydrogens (tertiary/aromatic N) is 1. The number of rotatable bonds is 3. The summed E-state index contributed by atoms with van der Waals surface area (Å²) < 4.78 is 26.7. The Bertz CT molecular complexity index is 560. The van der Waals surface area contributed by atoms with Gasteiger partial charge in [0.15, 0.2) is 0 Å². The molecule has 0 radical (unpaired) electrons. The molecule has 1 aromatic rings. The predicted octanol–water partition coefficient (Wildman–Crippen LogP) is 2.97. The van der Waals surface area contributed by atoms with Crippen LogP contribution < -0.4 is 0 Å². The van der Waals surface area contributed by atoms with Gasteiger partial charge in [0.1, 0.15) is 0 Å². The summed E-state index contributed by atoms with van der Waals surface area (Å²) >= 11 is 0. The normalized spacial score (nSPS) is 21.3. The van der Waals surface area contributed by atoms with Crippen LogP contribution in [0.4, 0.5) is 0 Å². The number of sulfonamides is 1. The molecule has 1 aliphatic heterocycles. The van der Waals surface area contributed by atoms with Crippen LogP contribution in [-0.4, -0.2) is 25.8 Å². The average molecular weight is 279 g/mol. The minimum absolute atomic E-state index is 0.286. The maximum Gasteiger partial charge on any atom is 0.243 e. The van der Waals surface area contributed by atoms with Crippen LogP contribution in [0, 0.1) is 12.8 Å². The SMILES string of the molecule is C=C(C)[C@@H]1CCCN(S(=O)(=O)c2ccc(C)cc2)C1. The summed E-state index contributed by atoms with van der Waals surface area (Å²) in [6.07, 6.45) is 1.94. The zero-order valence-electron chi connectivity index (χ0n) is 11.6. The van der Waals surface area contributed by atoms with E-state index in [-0.39, 0.29) is 5.92 Å². The first kappa shape index (κ1) is 14.3. The van der Waals surface area contributed by atoms with Crippen LogP contribution in [-0.2, 0) is 10.0 Å². The van der Waals surface area contributed by atoms with E-state index in [0.29, 0.717) is 18.0 Å². The topological polar surface area (TPSA) is 37.4 Å². The largest absolute Gasteiger partial charge is 0.243 e. The van der Waals surface area contributed by atoms with E-state index in [1.165, 1.54) is 0 Å². The van der Waals surface area contributed by atoms with Gasteiger partial charge in [0.2, 0.25) is 10.0 Å². The highest BCUT2D eigenvalue weighted by atomic mass is 32.2. The number of piperidine rings is 1. The van der Waals surface area contributed by atoms with Crippen molar-refractivity contribution < 1.29 is 8.42 Å². The van der Waals surface area contributed by atoms with E-state index >= 15 is 0 Å². The summed E-state index contributed by atoms with van der Waals surface area (Å²) in [4.78, 5) is 0.389. The lowest BCUT2D eigenvalue weighted by molar-refractivity contribution is 0.292. The number of hydrogen-bond donors (Lipinski definition) is 0. The first-order valence-electron chi connectivity index (χ1n) is 6.63. The van der Waals surface area contributed by atoms with E-state index in [9.17, 15) is 8.42 Å². The van der Waals surface area contributed by atoms with E-state index in [2.05, 4.69) is 6.58 Å². The molecule has 1 heterocycles. The second kappa shape index (κ2) is 5.47. The van der Waals surface area contributed by atoms with Crippen LogP contribution in [0.3, 0.4) is 0 Å². The molecule has 0 amide bonds. The molecule has 0 aromatic heterocycles. The Morgan fingerprint density at radius 1 is 1.32 bits per heavy atom. The quantitative estimate of drug-likeness (QED) is 0.798. The number of benzene rings is 1. The Morgan fingerprint density at radius 3 is 2.53 bits per heavy atom. The van der Waals surface area contributed by atoms with Crippen molar-refractivity contribution in [2.75, 3.05) is 13.1 Å². The molecular formula is C15H21NO2S. The molecule has 0 N–H and O–H groups in total. The van der Waals surface area contributed by atoms with Crippen molar-refractivity contribution in [3.8, 4) is 0 Å². The van der Waals surface area contributed by atoms with Crippen LogP contribution in [0.1, 0.15) is 25.3 Å². The molecule has 4 heteroatoms. The van der Waals surface area contributed by atoms with Crippen molar-refractivity contribution in [2.24, 2.45) is 5.92 Å². The van der Waals surface area contributed by atoms with Gasteiger partial charge in [0.25, 0.3) is 0 Å². The minimum atomic E-state index is -3.35. The highest BCUT2D eigenvalue weighted by Gasteiger charge is 2.30. The molecule has 0 aliphatic carbocycles. The smallest absolute Gasteiger partial charge is 0.207 e. The van der Waals surface area contributed by atoms with Crippen molar-refractivity contribution in [2.45, 2.75) is 31.6 Å². The van der Waals surface area contributed by atoms with Crippen molar-refractivity contribution in [3.63, 3.8) is 0 Å². The van der Waals surface area contributed by atoms with Gasteiger partial charge in [0, 0.05) is 13.1 Å². The van der Waals surface area contributed by atoms with Gasteiger partial charge in [-0.3, -0.25) is 0 Å². The molecular weight excluding hydrogens is 258 g/mol. The van der Waals surface area contributed by atoms with Crippen LogP contribution >= 0.6 is 0 Å². The third kappa shape index (κ3) is 3.07.